The Morgan fingerprint density at radius 1 is 1.00 bits per heavy atom. The summed E-state index contributed by atoms with van der Waals surface area (Å²) in [5, 5.41) is 0. The lowest BCUT2D eigenvalue weighted by atomic mass is 10.1. The maximum absolute atomic E-state index is 5.96. The topological polar surface area (TPSA) is 15.7 Å². The highest BCUT2D eigenvalue weighted by molar-refractivity contribution is 5.72. The van der Waals surface area contributed by atoms with Crippen LogP contribution in [0, 0.1) is 0 Å². The lowest BCUT2D eigenvalue weighted by molar-refractivity contribution is 0.310. The number of rotatable bonds is 3. The normalized spacial score (nSPS) is 13.4. The number of fused-ring (bicyclic) bond motifs is 2. The molecule has 3 nitrogen and oxygen atoms in total. The SMILES string of the molecule is CN(C)CCN1c2ccccc2COc2ccccc21. The Kier molecular flexibility index (Phi) is 3.61. The molecule has 0 saturated carbocycles. The summed E-state index contributed by atoms with van der Waals surface area (Å²) in [5.41, 5.74) is 3.64. The van der Waals surface area contributed by atoms with Crippen LogP contribution in [-0.4, -0.2) is 32.1 Å². The van der Waals surface area contributed by atoms with Gasteiger partial charge in [0, 0.05) is 24.3 Å². The van der Waals surface area contributed by atoms with E-state index in [2.05, 4.69) is 60.3 Å². The summed E-state index contributed by atoms with van der Waals surface area (Å²) < 4.78 is 5.96. The minimum Gasteiger partial charge on any atom is -0.487 e. The lowest BCUT2D eigenvalue weighted by Crippen LogP contribution is -2.28. The van der Waals surface area contributed by atoms with E-state index >= 15 is 0 Å². The van der Waals surface area contributed by atoms with Crippen LogP contribution in [0.1, 0.15) is 5.56 Å². The van der Waals surface area contributed by atoms with Crippen LogP contribution in [0.3, 0.4) is 0 Å². The molecule has 0 unspecified atom stereocenters. The van der Waals surface area contributed by atoms with Crippen molar-refractivity contribution in [3.8, 4) is 5.75 Å². The van der Waals surface area contributed by atoms with Gasteiger partial charge < -0.3 is 14.5 Å². The fourth-order valence-electron chi connectivity index (χ4n) is 2.52. The first kappa shape index (κ1) is 13.0. The Balaban J connectivity index is 2.04. The predicted octanol–water partition coefficient (Wildman–Crippen LogP) is 3.28. The smallest absolute Gasteiger partial charge is 0.143 e. The van der Waals surface area contributed by atoms with Gasteiger partial charge in [0.05, 0.1) is 5.69 Å². The summed E-state index contributed by atoms with van der Waals surface area (Å²) in [7, 11) is 4.21. The second-order valence-electron chi connectivity index (χ2n) is 5.34. The summed E-state index contributed by atoms with van der Waals surface area (Å²) in [6.45, 7) is 2.58. The minimum atomic E-state index is 0.631. The molecule has 0 aromatic heterocycles. The molecular formula is C17H20N2O. The van der Waals surface area contributed by atoms with Crippen molar-refractivity contribution in [1.29, 1.82) is 0 Å². The maximum Gasteiger partial charge on any atom is 0.143 e. The van der Waals surface area contributed by atoms with E-state index in [0.29, 0.717) is 6.61 Å². The van der Waals surface area contributed by atoms with E-state index in [1.165, 1.54) is 11.3 Å². The molecule has 20 heavy (non-hydrogen) atoms. The summed E-state index contributed by atoms with van der Waals surface area (Å²) in [4.78, 5) is 4.56. The van der Waals surface area contributed by atoms with Gasteiger partial charge in [0.2, 0.25) is 0 Å². The van der Waals surface area contributed by atoms with Crippen LogP contribution in [0.4, 0.5) is 11.4 Å². The van der Waals surface area contributed by atoms with Crippen molar-refractivity contribution in [2.75, 3.05) is 32.1 Å². The van der Waals surface area contributed by atoms with Gasteiger partial charge >= 0.3 is 0 Å². The Morgan fingerprint density at radius 3 is 2.50 bits per heavy atom. The fourth-order valence-corrected chi connectivity index (χ4v) is 2.52. The summed E-state index contributed by atoms with van der Waals surface area (Å²) in [5.74, 6) is 0.961. The van der Waals surface area contributed by atoms with Crippen LogP contribution in [0.15, 0.2) is 48.5 Å². The average Bonchev–Trinajstić information content (AvgIpc) is 2.62. The molecular weight excluding hydrogens is 248 g/mol. The Bertz CT molecular complexity index is 548. The summed E-state index contributed by atoms with van der Waals surface area (Å²) in [6.07, 6.45) is 0. The minimum absolute atomic E-state index is 0.631. The summed E-state index contributed by atoms with van der Waals surface area (Å²) in [6, 6.07) is 16.8. The molecule has 104 valence electrons. The van der Waals surface area contributed by atoms with E-state index in [-0.39, 0.29) is 0 Å². The molecule has 2 aromatic carbocycles. The Labute approximate surface area is 120 Å². The van der Waals surface area contributed by atoms with Gasteiger partial charge in [0.15, 0.2) is 0 Å². The van der Waals surface area contributed by atoms with Crippen LogP contribution in [0.25, 0.3) is 0 Å². The highest BCUT2D eigenvalue weighted by atomic mass is 16.5. The van der Waals surface area contributed by atoms with Gasteiger partial charge in [-0.3, -0.25) is 0 Å². The molecule has 0 bridgehead atoms. The summed E-state index contributed by atoms with van der Waals surface area (Å²) >= 11 is 0. The molecule has 1 heterocycles. The standard InChI is InChI=1S/C17H20N2O/c1-18(2)11-12-19-15-8-4-3-7-14(15)13-20-17-10-6-5-9-16(17)19/h3-10H,11-13H2,1-2H3. The van der Waals surface area contributed by atoms with Gasteiger partial charge in [-0.25, -0.2) is 0 Å². The van der Waals surface area contributed by atoms with E-state index in [9.17, 15) is 0 Å². The number of hydrogen-bond acceptors (Lipinski definition) is 3. The zero-order chi connectivity index (χ0) is 13.9. The second-order valence-corrected chi connectivity index (χ2v) is 5.34. The first-order chi connectivity index (χ1) is 9.75. The number of benzene rings is 2. The van der Waals surface area contributed by atoms with Gasteiger partial charge in [-0.05, 0) is 32.3 Å². The van der Waals surface area contributed by atoms with Gasteiger partial charge in [-0.15, -0.1) is 0 Å². The van der Waals surface area contributed by atoms with Crippen molar-refractivity contribution in [3.05, 3.63) is 54.1 Å². The number of nitrogens with zero attached hydrogens (tertiary/aromatic N) is 2. The molecule has 0 radical (unpaired) electrons. The van der Waals surface area contributed by atoms with Gasteiger partial charge in [-0.1, -0.05) is 30.3 Å². The first-order valence-electron chi connectivity index (χ1n) is 6.98. The van der Waals surface area contributed by atoms with Crippen LogP contribution >= 0.6 is 0 Å². The van der Waals surface area contributed by atoms with Crippen molar-refractivity contribution >= 4 is 11.4 Å². The first-order valence-corrected chi connectivity index (χ1v) is 6.98. The molecule has 2 aromatic rings. The van der Waals surface area contributed by atoms with Gasteiger partial charge in [0.1, 0.15) is 12.4 Å². The Hall–Kier alpha value is -2.00. The van der Waals surface area contributed by atoms with Gasteiger partial charge in [0.25, 0.3) is 0 Å². The molecule has 0 fully saturated rings. The third-order valence-electron chi connectivity index (χ3n) is 3.59. The molecule has 3 rings (SSSR count). The maximum atomic E-state index is 5.96. The zero-order valence-corrected chi connectivity index (χ0v) is 12.0. The van der Waals surface area contributed by atoms with Crippen molar-refractivity contribution in [2.24, 2.45) is 0 Å². The van der Waals surface area contributed by atoms with Crippen molar-refractivity contribution in [1.82, 2.24) is 4.90 Å². The molecule has 0 saturated heterocycles. The Morgan fingerprint density at radius 2 is 1.70 bits per heavy atom. The van der Waals surface area contributed by atoms with Crippen molar-refractivity contribution in [2.45, 2.75) is 6.61 Å². The highest BCUT2D eigenvalue weighted by Crippen LogP contribution is 2.38. The largest absolute Gasteiger partial charge is 0.487 e. The quantitative estimate of drug-likeness (QED) is 0.849. The molecule has 0 N–H and O–H groups in total. The number of likely N-dealkylation sites (N-methyl/N-ethyl adjacent to an activating group) is 1. The number of hydrogen-bond donors (Lipinski definition) is 0. The second kappa shape index (κ2) is 5.55. The van der Waals surface area contributed by atoms with E-state index in [1.807, 2.05) is 12.1 Å². The molecule has 3 heteroatoms. The van der Waals surface area contributed by atoms with Crippen LogP contribution in [-0.2, 0) is 6.61 Å². The van der Waals surface area contributed by atoms with Crippen molar-refractivity contribution < 1.29 is 4.74 Å². The number of anilines is 2. The molecule has 1 aliphatic heterocycles. The molecule has 0 aliphatic carbocycles. The monoisotopic (exact) mass is 268 g/mol. The predicted molar refractivity (Wildman–Crippen MR) is 82.8 cm³/mol. The van der Waals surface area contributed by atoms with Crippen LogP contribution in [0.5, 0.6) is 5.75 Å². The average molecular weight is 268 g/mol. The highest BCUT2D eigenvalue weighted by Gasteiger charge is 2.20. The molecule has 0 atom stereocenters. The van der Waals surface area contributed by atoms with Crippen molar-refractivity contribution in [3.63, 3.8) is 0 Å². The van der Waals surface area contributed by atoms with Crippen LogP contribution in [0.2, 0.25) is 0 Å². The zero-order valence-electron chi connectivity index (χ0n) is 12.0. The fraction of sp³-hybridized carbons (Fsp3) is 0.294. The van der Waals surface area contributed by atoms with Gasteiger partial charge in [-0.2, -0.15) is 0 Å². The van der Waals surface area contributed by atoms with E-state index < -0.39 is 0 Å². The van der Waals surface area contributed by atoms with Crippen LogP contribution < -0.4 is 9.64 Å². The van der Waals surface area contributed by atoms with E-state index in [1.54, 1.807) is 0 Å². The molecule has 1 aliphatic rings. The lowest BCUT2D eigenvalue weighted by Gasteiger charge is -2.27. The molecule has 0 spiro atoms. The number of ether oxygens (including phenoxy) is 1. The van der Waals surface area contributed by atoms with E-state index in [0.717, 1.165) is 24.5 Å². The number of para-hydroxylation sites is 3. The third-order valence-corrected chi connectivity index (χ3v) is 3.59. The van der Waals surface area contributed by atoms with E-state index in [4.69, 9.17) is 4.74 Å². The molecule has 0 amide bonds. The third kappa shape index (κ3) is 2.49.